The summed E-state index contributed by atoms with van der Waals surface area (Å²) < 4.78 is 0. The lowest BCUT2D eigenvalue weighted by atomic mass is 9.98. The van der Waals surface area contributed by atoms with Crippen LogP contribution in [0.5, 0.6) is 0 Å². The summed E-state index contributed by atoms with van der Waals surface area (Å²) in [5, 5.41) is 5.79. The van der Waals surface area contributed by atoms with E-state index < -0.39 is 0 Å². The fourth-order valence-corrected chi connectivity index (χ4v) is 2.11. The normalized spacial score (nSPS) is 19.3. The van der Waals surface area contributed by atoms with E-state index in [1.54, 1.807) is 6.20 Å². The van der Waals surface area contributed by atoms with Gasteiger partial charge in [-0.25, -0.2) is 4.98 Å². The number of rotatable bonds is 4. The zero-order valence-corrected chi connectivity index (χ0v) is 10.8. The van der Waals surface area contributed by atoms with Crippen LogP contribution in [0.3, 0.4) is 0 Å². The van der Waals surface area contributed by atoms with Gasteiger partial charge in [0, 0.05) is 6.20 Å². The van der Waals surface area contributed by atoms with Crippen molar-refractivity contribution in [3.8, 4) is 0 Å². The predicted molar refractivity (Wildman–Crippen MR) is 71.3 cm³/mol. The summed E-state index contributed by atoms with van der Waals surface area (Å²) in [6.07, 6.45) is 3.10. The Morgan fingerprint density at radius 2 is 2.28 bits per heavy atom. The van der Waals surface area contributed by atoms with Gasteiger partial charge in [-0.3, -0.25) is 4.79 Å². The zero-order valence-electron chi connectivity index (χ0n) is 10.8. The van der Waals surface area contributed by atoms with Crippen molar-refractivity contribution >= 4 is 17.4 Å². The number of pyridine rings is 1. The molecule has 5 heteroatoms. The highest BCUT2D eigenvalue weighted by Crippen LogP contribution is 2.25. The Kier molecular flexibility index (Phi) is 3.72. The molecule has 0 aliphatic carbocycles. The molecule has 2 rings (SSSR count). The summed E-state index contributed by atoms with van der Waals surface area (Å²) in [6, 6.07) is 3.76. The number of nitrogens with zero attached hydrogens (tertiary/aromatic N) is 3. The van der Waals surface area contributed by atoms with E-state index in [2.05, 4.69) is 10.1 Å². The van der Waals surface area contributed by atoms with E-state index in [1.165, 1.54) is 5.01 Å². The lowest BCUT2D eigenvalue weighted by Gasteiger charge is -2.13. The number of hydrogen-bond donors (Lipinski definition) is 1. The molecule has 0 saturated carbocycles. The number of aryl methyl sites for hydroxylation is 1. The van der Waals surface area contributed by atoms with Crippen molar-refractivity contribution in [1.82, 2.24) is 4.98 Å². The highest BCUT2D eigenvalue weighted by molar-refractivity contribution is 6.15. The van der Waals surface area contributed by atoms with Crippen LogP contribution in [-0.2, 0) is 4.79 Å². The number of carbonyl (C=O) groups excluding carboxylic acids is 1. The van der Waals surface area contributed by atoms with Crippen LogP contribution in [0.2, 0.25) is 0 Å². The highest BCUT2D eigenvalue weighted by Gasteiger charge is 2.35. The molecule has 5 nitrogen and oxygen atoms in total. The van der Waals surface area contributed by atoms with Gasteiger partial charge in [-0.2, -0.15) is 10.1 Å². The highest BCUT2D eigenvalue weighted by atomic mass is 16.2. The van der Waals surface area contributed by atoms with Gasteiger partial charge in [0.15, 0.2) is 5.82 Å². The topological polar surface area (TPSA) is 71.6 Å². The van der Waals surface area contributed by atoms with Crippen molar-refractivity contribution in [2.75, 3.05) is 11.6 Å². The van der Waals surface area contributed by atoms with Crippen LogP contribution in [0.1, 0.15) is 25.3 Å². The Bertz CT molecular complexity index is 484. The SMILES string of the molecule is CCC1=NN(c2cc(C)ccn2)C(=O)C1CCN. The van der Waals surface area contributed by atoms with E-state index in [1.807, 2.05) is 26.0 Å². The summed E-state index contributed by atoms with van der Waals surface area (Å²) in [5.74, 6) is 0.392. The van der Waals surface area contributed by atoms with Crippen molar-refractivity contribution in [3.05, 3.63) is 23.9 Å². The third-order valence-electron chi connectivity index (χ3n) is 3.07. The number of anilines is 1. The molecule has 2 N–H and O–H groups in total. The molecule has 1 aliphatic rings. The number of aromatic nitrogens is 1. The molecule has 1 aromatic rings. The van der Waals surface area contributed by atoms with E-state index in [4.69, 9.17) is 5.73 Å². The minimum absolute atomic E-state index is 0.0181. The van der Waals surface area contributed by atoms with Gasteiger partial charge in [-0.1, -0.05) is 6.92 Å². The van der Waals surface area contributed by atoms with E-state index in [-0.39, 0.29) is 11.8 Å². The Morgan fingerprint density at radius 1 is 1.50 bits per heavy atom. The van der Waals surface area contributed by atoms with Crippen LogP contribution in [-0.4, -0.2) is 23.1 Å². The molecule has 1 aromatic heterocycles. The minimum atomic E-state index is -0.178. The molecule has 0 fully saturated rings. The summed E-state index contributed by atoms with van der Waals surface area (Å²) in [7, 11) is 0. The van der Waals surface area contributed by atoms with Crippen molar-refractivity contribution in [2.24, 2.45) is 16.8 Å². The van der Waals surface area contributed by atoms with Gasteiger partial charge in [0.2, 0.25) is 0 Å². The first-order valence-corrected chi connectivity index (χ1v) is 6.21. The first-order valence-electron chi connectivity index (χ1n) is 6.21. The largest absolute Gasteiger partial charge is 0.330 e. The molecule has 0 radical (unpaired) electrons. The Labute approximate surface area is 107 Å². The second kappa shape index (κ2) is 5.27. The first kappa shape index (κ1) is 12.7. The Balaban J connectivity index is 2.30. The number of amides is 1. The fraction of sp³-hybridized carbons (Fsp3) is 0.462. The summed E-state index contributed by atoms with van der Waals surface area (Å²) in [4.78, 5) is 16.5. The molecule has 96 valence electrons. The first-order chi connectivity index (χ1) is 8.67. The average Bonchev–Trinajstić information content (AvgIpc) is 2.67. The van der Waals surface area contributed by atoms with Gasteiger partial charge >= 0.3 is 0 Å². The molecular formula is C13H18N4O. The number of hydrogen-bond acceptors (Lipinski definition) is 4. The third-order valence-corrected chi connectivity index (χ3v) is 3.07. The molecule has 0 saturated heterocycles. The van der Waals surface area contributed by atoms with Crippen molar-refractivity contribution < 1.29 is 4.79 Å². The maximum atomic E-state index is 12.3. The average molecular weight is 246 g/mol. The van der Waals surface area contributed by atoms with Crippen LogP contribution >= 0.6 is 0 Å². The van der Waals surface area contributed by atoms with E-state index in [0.29, 0.717) is 18.8 Å². The molecule has 0 bridgehead atoms. The Morgan fingerprint density at radius 3 is 2.89 bits per heavy atom. The monoisotopic (exact) mass is 246 g/mol. The van der Waals surface area contributed by atoms with Crippen LogP contribution in [0.4, 0.5) is 5.82 Å². The lowest BCUT2D eigenvalue weighted by Crippen LogP contribution is -2.29. The number of carbonyl (C=O) groups is 1. The number of hydrazone groups is 1. The lowest BCUT2D eigenvalue weighted by molar-refractivity contribution is -0.119. The molecular weight excluding hydrogens is 228 g/mol. The molecule has 1 amide bonds. The molecule has 18 heavy (non-hydrogen) atoms. The quantitative estimate of drug-likeness (QED) is 0.874. The molecule has 0 aromatic carbocycles. The van der Waals surface area contributed by atoms with Crippen LogP contribution in [0.15, 0.2) is 23.4 Å². The minimum Gasteiger partial charge on any atom is -0.330 e. The van der Waals surface area contributed by atoms with Gasteiger partial charge in [-0.15, -0.1) is 0 Å². The molecule has 0 spiro atoms. The van der Waals surface area contributed by atoms with Crippen LogP contribution in [0.25, 0.3) is 0 Å². The number of nitrogens with two attached hydrogens (primary N) is 1. The second-order valence-corrected chi connectivity index (χ2v) is 4.42. The summed E-state index contributed by atoms with van der Waals surface area (Å²) in [6.45, 7) is 4.46. The fourth-order valence-electron chi connectivity index (χ4n) is 2.11. The van der Waals surface area contributed by atoms with E-state index in [0.717, 1.165) is 17.7 Å². The van der Waals surface area contributed by atoms with Crippen molar-refractivity contribution in [3.63, 3.8) is 0 Å². The zero-order chi connectivity index (χ0) is 13.1. The Hall–Kier alpha value is -1.75. The van der Waals surface area contributed by atoms with Gasteiger partial charge < -0.3 is 5.73 Å². The molecule has 1 unspecified atom stereocenters. The van der Waals surface area contributed by atoms with Gasteiger partial charge in [-0.05, 0) is 44.0 Å². The predicted octanol–water partition coefficient (Wildman–Crippen LogP) is 1.47. The van der Waals surface area contributed by atoms with Crippen LogP contribution < -0.4 is 10.7 Å². The second-order valence-electron chi connectivity index (χ2n) is 4.42. The smallest absolute Gasteiger partial charge is 0.257 e. The third kappa shape index (κ3) is 2.26. The molecule has 1 atom stereocenters. The summed E-state index contributed by atoms with van der Waals surface area (Å²) >= 11 is 0. The molecule has 1 aliphatic heterocycles. The van der Waals surface area contributed by atoms with Crippen LogP contribution in [0, 0.1) is 12.8 Å². The molecule has 2 heterocycles. The van der Waals surface area contributed by atoms with Crippen molar-refractivity contribution in [1.29, 1.82) is 0 Å². The van der Waals surface area contributed by atoms with Crippen molar-refractivity contribution in [2.45, 2.75) is 26.7 Å². The maximum absolute atomic E-state index is 12.3. The van der Waals surface area contributed by atoms with Gasteiger partial charge in [0.25, 0.3) is 5.91 Å². The maximum Gasteiger partial charge on any atom is 0.257 e. The van der Waals surface area contributed by atoms with E-state index in [9.17, 15) is 4.79 Å². The van der Waals surface area contributed by atoms with E-state index >= 15 is 0 Å². The van der Waals surface area contributed by atoms with Gasteiger partial charge in [0.1, 0.15) is 0 Å². The summed E-state index contributed by atoms with van der Waals surface area (Å²) in [5.41, 5.74) is 7.51. The van der Waals surface area contributed by atoms with Gasteiger partial charge in [0.05, 0.1) is 11.6 Å². The standard InChI is InChI=1S/C13H18N4O/c1-3-11-10(4-6-14)13(18)17(16-11)12-8-9(2)5-7-15-12/h5,7-8,10H,3-4,6,14H2,1-2H3.